The number of hydrogen-bond acceptors (Lipinski definition) is 4. The third kappa shape index (κ3) is 2.81. The summed E-state index contributed by atoms with van der Waals surface area (Å²) in [5.41, 5.74) is 3.11. The molecule has 0 radical (unpaired) electrons. The molecule has 5 rings (SSSR count). The van der Waals surface area contributed by atoms with E-state index in [1.165, 1.54) is 6.33 Å². The molecule has 1 saturated heterocycles. The van der Waals surface area contributed by atoms with Crippen molar-refractivity contribution < 1.29 is 4.79 Å². The summed E-state index contributed by atoms with van der Waals surface area (Å²) >= 11 is 0. The minimum absolute atomic E-state index is 0.00448. The lowest BCUT2D eigenvalue weighted by Gasteiger charge is -2.43. The summed E-state index contributed by atoms with van der Waals surface area (Å²) in [5, 5.41) is 0. The zero-order valence-corrected chi connectivity index (χ0v) is 15.4. The molecule has 2 aromatic heterocycles. The molecule has 2 bridgehead atoms. The number of rotatable bonds is 2. The van der Waals surface area contributed by atoms with Gasteiger partial charge in [-0.05, 0) is 36.6 Å². The van der Waals surface area contributed by atoms with Gasteiger partial charge in [0.2, 0.25) is 0 Å². The Morgan fingerprint density at radius 3 is 2.54 bits per heavy atom. The number of pyridine rings is 1. The van der Waals surface area contributed by atoms with Gasteiger partial charge in [0.05, 0.1) is 5.56 Å². The van der Waals surface area contributed by atoms with Gasteiger partial charge >= 0.3 is 0 Å². The molecule has 2 atom stereocenters. The van der Waals surface area contributed by atoms with Crippen molar-refractivity contribution in [2.24, 2.45) is 5.92 Å². The minimum Gasteiger partial charge on any atom is -0.338 e. The second-order valence-electron chi connectivity index (χ2n) is 7.59. The van der Waals surface area contributed by atoms with Crippen molar-refractivity contribution in [1.82, 2.24) is 19.4 Å². The first-order valence-corrected chi connectivity index (χ1v) is 9.54. The molecule has 2 aliphatic heterocycles. The standard InChI is InChI=1S/C22H20N4O2/c27-21(16-4-2-1-3-5-16)25-11-15-8-17(13-25)20-7-6-19(22(28)26(20)12-15)18-9-23-14-24-10-18/h1-7,9-10,14-15,17H,8,11-13H2/t15-,17+/m0/s1. The van der Waals surface area contributed by atoms with E-state index < -0.39 is 0 Å². The van der Waals surface area contributed by atoms with E-state index in [1.54, 1.807) is 12.4 Å². The molecule has 140 valence electrons. The lowest BCUT2D eigenvalue weighted by Crippen LogP contribution is -2.49. The van der Waals surface area contributed by atoms with Crippen LogP contribution < -0.4 is 5.56 Å². The summed E-state index contributed by atoms with van der Waals surface area (Å²) < 4.78 is 1.89. The van der Waals surface area contributed by atoms with Crippen molar-refractivity contribution in [2.45, 2.75) is 18.9 Å². The molecule has 1 aromatic carbocycles. The van der Waals surface area contributed by atoms with Gasteiger partial charge in [-0.25, -0.2) is 9.97 Å². The lowest BCUT2D eigenvalue weighted by molar-refractivity contribution is 0.0594. The van der Waals surface area contributed by atoms with Crippen LogP contribution in [0.25, 0.3) is 11.1 Å². The van der Waals surface area contributed by atoms with Crippen molar-refractivity contribution in [1.29, 1.82) is 0 Å². The maximum absolute atomic E-state index is 13.1. The highest BCUT2D eigenvalue weighted by Gasteiger charge is 2.36. The zero-order chi connectivity index (χ0) is 19.1. The summed E-state index contributed by atoms with van der Waals surface area (Å²) in [7, 11) is 0. The van der Waals surface area contributed by atoms with Crippen LogP contribution in [0.1, 0.15) is 28.4 Å². The Morgan fingerprint density at radius 1 is 0.964 bits per heavy atom. The Labute approximate surface area is 162 Å². The SMILES string of the molecule is O=C(c1ccccc1)N1C[C@@H]2C[C@H](C1)c1ccc(-c3cncnc3)c(=O)n1C2. The van der Waals surface area contributed by atoms with Gasteiger partial charge in [0.15, 0.2) is 0 Å². The van der Waals surface area contributed by atoms with Gasteiger partial charge in [-0.3, -0.25) is 9.59 Å². The smallest absolute Gasteiger partial charge is 0.258 e. The highest BCUT2D eigenvalue weighted by atomic mass is 16.2. The molecule has 2 aliphatic rings. The maximum Gasteiger partial charge on any atom is 0.258 e. The lowest BCUT2D eigenvalue weighted by atomic mass is 9.82. The van der Waals surface area contributed by atoms with Gasteiger partial charge in [0.25, 0.3) is 11.5 Å². The molecule has 4 heterocycles. The number of carbonyl (C=O) groups is 1. The Morgan fingerprint density at radius 2 is 1.75 bits per heavy atom. The van der Waals surface area contributed by atoms with Crippen LogP contribution in [-0.4, -0.2) is 38.4 Å². The number of nitrogens with zero attached hydrogens (tertiary/aromatic N) is 4. The van der Waals surface area contributed by atoms with Crippen LogP contribution >= 0.6 is 0 Å². The van der Waals surface area contributed by atoms with Gasteiger partial charge in [0, 0.05) is 54.8 Å². The summed E-state index contributed by atoms with van der Waals surface area (Å²) in [6.45, 7) is 1.98. The molecule has 1 amide bonds. The summed E-state index contributed by atoms with van der Waals surface area (Å²) in [5.74, 6) is 0.553. The van der Waals surface area contributed by atoms with Crippen LogP contribution in [0.3, 0.4) is 0 Å². The number of hydrogen-bond donors (Lipinski definition) is 0. The maximum atomic E-state index is 13.1. The summed E-state index contributed by atoms with van der Waals surface area (Å²) in [4.78, 5) is 36.0. The predicted octanol–water partition coefficient (Wildman–Crippen LogP) is 2.56. The Kier molecular flexibility index (Phi) is 4.04. The number of piperidine rings is 1. The highest BCUT2D eigenvalue weighted by Crippen LogP contribution is 2.36. The molecule has 0 unspecified atom stereocenters. The van der Waals surface area contributed by atoms with E-state index in [-0.39, 0.29) is 17.4 Å². The van der Waals surface area contributed by atoms with Crippen molar-refractivity contribution in [2.75, 3.05) is 13.1 Å². The molecular formula is C22H20N4O2. The van der Waals surface area contributed by atoms with Crippen LogP contribution in [0.2, 0.25) is 0 Å². The second kappa shape index (κ2) is 6.71. The number of carbonyl (C=O) groups excluding carboxylic acids is 1. The van der Waals surface area contributed by atoms with Crippen molar-refractivity contribution in [3.05, 3.63) is 82.8 Å². The average molecular weight is 372 g/mol. The van der Waals surface area contributed by atoms with Gasteiger partial charge in [-0.15, -0.1) is 0 Å². The fourth-order valence-corrected chi connectivity index (χ4v) is 4.53. The van der Waals surface area contributed by atoms with Crippen molar-refractivity contribution in [3.63, 3.8) is 0 Å². The zero-order valence-electron chi connectivity index (χ0n) is 15.4. The summed E-state index contributed by atoms with van der Waals surface area (Å²) in [6, 6.07) is 13.3. The average Bonchev–Trinajstić information content (AvgIpc) is 2.75. The predicted molar refractivity (Wildman–Crippen MR) is 105 cm³/mol. The number of aromatic nitrogens is 3. The number of likely N-dealkylation sites (tertiary alicyclic amines) is 1. The first-order chi connectivity index (χ1) is 13.7. The van der Waals surface area contributed by atoms with Crippen LogP contribution in [0.5, 0.6) is 0 Å². The Balaban J connectivity index is 1.47. The molecule has 3 aromatic rings. The largest absolute Gasteiger partial charge is 0.338 e. The minimum atomic E-state index is 0.00448. The molecule has 6 heteroatoms. The van der Waals surface area contributed by atoms with E-state index in [0.29, 0.717) is 31.1 Å². The van der Waals surface area contributed by atoms with Crippen molar-refractivity contribution in [3.8, 4) is 11.1 Å². The first-order valence-electron chi connectivity index (χ1n) is 9.54. The molecule has 0 N–H and O–H groups in total. The van der Waals surface area contributed by atoms with Crippen LogP contribution in [0, 0.1) is 5.92 Å². The van der Waals surface area contributed by atoms with Gasteiger partial charge in [-0.1, -0.05) is 18.2 Å². The van der Waals surface area contributed by atoms with Crippen LogP contribution in [0.4, 0.5) is 0 Å². The van der Waals surface area contributed by atoms with E-state index in [1.807, 2.05) is 51.9 Å². The quantitative estimate of drug-likeness (QED) is 0.693. The van der Waals surface area contributed by atoms with E-state index in [9.17, 15) is 9.59 Å². The van der Waals surface area contributed by atoms with E-state index in [0.717, 1.165) is 23.2 Å². The van der Waals surface area contributed by atoms with Gasteiger partial charge < -0.3 is 9.47 Å². The van der Waals surface area contributed by atoms with E-state index in [4.69, 9.17) is 0 Å². The van der Waals surface area contributed by atoms with Crippen LogP contribution in [-0.2, 0) is 6.54 Å². The molecule has 0 saturated carbocycles. The number of benzene rings is 1. The fourth-order valence-electron chi connectivity index (χ4n) is 4.53. The molecule has 0 spiro atoms. The Hall–Kier alpha value is -3.28. The number of amides is 1. The molecule has 28 heavy (non-hydrogen) atoms. The highest BCUT2D eigenvalue weighted by molar-refractivity contribution is 5.94. The van der Waals surface area contributed by atoms with Gasteiger partial charge in [0.1, 0.15) is 6.33 Å². The van der Waals surface area contributed by atoms with Crippen molar-refractivity contribution >= 4 is 5.91 Å². The summed E-state index contributed by atoms with van der Waals surface area (Å²) in [6.07, 6.45) is 5.81. The monoisotopic (exact) mass is 372 g/mol. The number of fused-ring (bicyclic) bond motifs is 4. The fraction of sp³-hybridized carbons (Fsp3) is 0.273. The second-order valence-corrected chi connectivity index (χ2v) is 7.59. The molecular weight excluding hydrogens is 352 g/mol. The third-order valence-electron chi connectivity index (χ3n) is 5.78. The third-order valence-corrected chi connectivity index (χ3v) is 5.78. The molecule has 6 nitrogen and oxygen atoms in total. The van der Waals surface area contributed by atoms with Gasteiger partial charge in [-0.2, -0.15) is 0 Å². The normalized spacial score (nSPS) is 20.5. The first kappa shape index (κ1) is 16.9. The topological polar surface area (TPSA) is 68.1 Å². The molecule has 0 aliphatic carbocycles. The van der Waals surface area contributed by atoms with Crippen LogP contribution in [0.15, 0.2) is 66.0 Å². The van der Waals surface area contributed by atoms with E-state index in [2.05, 4.69) is 9.97 Å². The molecule has 1 fully saturated rings. The Bertz CT molecular complexity index is 1080. The van der Waals surface area contributed by atoms with E-state index >= 15 is 0 Å².